The fraction of sp³-hybridized carbons (Fsp3) is 0.500. The van der Waals surface area contributed by atoms with Crippen LogP contribution >= 0.6 is 24.1 Å². The van der Waals surface area contributed by atoms with Crippen molar-refractivity contribution in [3.63, 3.8) is 0 Å². The number of hydrogen-bond donors (Lipinski definition) is 0. The molecule has 1 aromatic rings. The molecule has 2 amide bonds. The zero-order valence-corrected chi connectivity index (χ0v) is 18.6. The number of amides is 2. The van der Waals surface area contributed by atoms with E-state index in [9.17, 15) is 22.3 Å². The van der Waals surface area contributed by atoms with Crippen molar-refractivity contribution in [3.05, 3.63) is 35.4 Å². The van der Waals surface area contributed by atoms with Gasteiger partial charge in [-0.3, -0.25) is 9.79 Å². The minimum absolute atomic E-state index is 0.0493. The molecule has 0 aliphatic rings. The average molecular weight is 452 g/mol. The summed E-state index contributed by atoms with van der Waals surface area (Å²) in [7, 11) is 2.77. The maximum atomic E-state index is 14.4. The van der Waals surface area contributed by atoms with Gasteiger partial charge in [-0.15, -0.1) is 3.89 Å². The molecule has 0 bridgehead atoms. The number of thioether (sulfide) groups is 1. The van der Waals surface area contributed by atoms with Gasteiger partial charge in [-0.2, -0.15) is 4.31 Å². The summed E-state index contributed by atoms with van der Waals surface area (Å²) in [6.45, 7) is 6.52. The molecule has 0 saturated carbocycles. The number of rotatable bonds is 6. The van der Waals surface area contributed by atoms with Gasteiger partial charge in [0.2, 0.25) is 6.41 Å². The van der Waals surface area contributed by atoms with Crippen molar-refractivity contribution in [2.24, 2.45) is 4.99 Å². The highest BCUT2D eigenvalue weighted by Gasteiger charge is 2.33. The standard InChI is InChI=1S/C18H24F3N3O3S2/c1-11(15(23(6)10-25)12-8-7-9-13(19)14(12)20)28-16(22-5)24(29-21)17(26)27-18(2,3)4/h7-11,15H,1-6H3/t11?,15-/m1/s1. The molecule has 162 valence electrons. The number of halogens is 3. The van der Waals surface area contributed by atoms with E-state index in [2.05, 4.69) is 4.99 Å². The Kier molecular flexibility index (Phi) is 9.34. The van der Waals surface area contributed by atoms with Gasteiger partial charge in [0, 0.05) is 24.9 Å². The summed E-state index contributed by atoms with van der Waals surface area (Å²) in [5, 5.41) is -0.683. The van der Waals surface area contributed by atoms with E-state index in [0.717, 1.165) is 17.8 Å². The van der Waals surface area contributed by atoms with E-state index >= 15 is 0 Å². The molecule has 0 aliphatic carbocycles. The first-order valence-electron chi connectivity index (χ1n) is 8.53. The first kappa shape index (κ1) is 25.2. The van der Waals surface area contributed by atoms with Crippen molar-refractivity contribution in [3.8, 4) is 0 Å². The third kappa shape index (κ3) is 6.84. The van der Waals surface area contributed by atoms with Crippen LogP contribution < -0.4 is 0 Å². The van der Waals surface area contributed by atoms with Crippen LogP contribution in [0.25, 0.3) is 0 Å². The Labute approximate surface area is 177 Å². The first-order chi connectivity index (χ1) is 13.5. The van der Waals surface area contributed by atoms with Gasteiger partial charge in [0.05, 0.1) is 6.04 Å². The predicted octanol–water partition coefficient (Wildman–Crippen LogP) is 4.97. The molecule has 2 atom stereocenters. The van der Waals surface area contributed by atoms with Crippen molar-refractivity contribution in [2.45, 2.75) is 44.6 Å². The third-order valence-electron chi connectivity index (χ3n) is 3.63. The monoisotopic (exact) mass is 451 g/mol. The summed E-state index contributed by atoms with van der Waals surface area (Å²) in [6, 6.07) is 2.75. The number of hydrogen-bond acceptors (Lipinski definition) is 6. The second-order valence-corrected chi connectivity index (χ2v) is 8.88. The summed E-state index contributed by atoms with van der Waals surface area (Å²) >= 11 is 0.528. The van der Waals surface area contributed by atoms with Crippen LogP contribution in [0.3, 0.4) is 0 Å². The quantitative estimate of drug-likeness (QED) is 0.264. The predicted molar refractivity (Wildman–Crippen MR) is 110 cm³/mol. The Morgan fingerprint density at radius 3 is 2.41 bits per heavy atom. The van der Waals surface area contributed by atoms with Gasteiger partial charge in [-0.25, -0.2) is 13.6 Å². The van der Waals surface area contributed by atoms with Crippen LogP contribution in [0.2, 0.25) is 0 Å². The van der Waals surface area contributed by atoms with Crippen LogP contribution in [0.5, 0.6) is 0 Å². The normalized spacial score (nSPS) is 14.2. The largest absolute Gasteiger partial charge is 0.443 e. The molecule has 1 rings (SSSR count). The van der Waals surface area contributed by atoms with Gasteiger partial charge in [-0.05, 0) is 26.8 Å². The lowest BCUT2D eigenvalue weighted by molar-refractivity contribution is -0.119. The number of ether oxygens (including phenoxy) is 1. The van der Waals surface area contributed by atoms with Gasteiger partial charge in [0.1, 0.15) is 5.60 Å². The van der Waals surface area contributed by atoms with Crippen molar-refractivity contribution in [1.29, 1.82) is 0 Å². The van der Waals surface area contributed by atoms with Crippen molar-refractivity contribution < 1.29 is 27.0 Å². The Bertz CT molecular complexity index is 760. The third-order valence-corrected chi connectivity index (χ3v) is 5.42. The number of carbonyl (C=O) groups is 2. The zero-order chi connectivity index (χ0) is 22.4. The molecular weight excluding hydrogens is 427 g/mol. The Morgan fingerprint density at radius 2 is 1.93 bits per heavy atom. The molecule has 0 fully saturated rings. The van der Waals surface area contributed by atoms with Gasteiger partial charge in [0.15, 0.2) is 29.1 Å². The molecular formula is C18H24F3N3O3S2. The lowest BCUT2D eigenvalue weighted by atomic mass is 10.0. The van der Waals surface area contributed by atoms with Crippen LogP contribution in [-0.4, -0.2) is 51.8 Å². The lowest BCUT2D eigenvalue weighted by Gasteiger charge is -2.32. The summed E-state index contributed by atoms with van der Waals surface area (Å²) in [5.74, 6) is -2.14. The maximum Gasteiger partial charge on any atom is 0.428 e. The fourth-order valence-corrected chi connectivity index (χ4v) is 4.00. The van der Waals surface area contributed by atoms with Crippen molar-refractivity contribution in [1.82, 2.24) is 9.21 Å². The molecule has 0 aromatic heterocycles. The molecule has 0 heterocycles. The topological polar surface area (TPSA) is 62.2 Å². The Balaban J connectivity index is 3.19. The second-order valence-electron chi connectivity index (χ2n) is 7.03. The highest BCUT2D eigenvalue weighted by Crippen LogP contribution is 2.35. The maximum absolute atomic E-state index is 14.4. The molecule has 6 nitrogen and oxygen atoms in total. The molecule has 0 saturated heterocycles. The minimum atomic E-state index is -1.09. The number of amidine groups is 1. The van der Waals surface area contributed by atoms with Crippen molar-refractivity contribution >= 4 is 41.8 Å². The molecule has 0 radical (unpaired) electrons. The average Bonchev–Trinajstić information content (AvgIpc) is 2.63. The zero-order valence-electron chi connectivity index (χ0n) is 17.0. The van der Waals surface area contributed by atoms with E-state index in [-0.39, 0.29) is 23.1 Å². The minimum Gasteiger partial charge on any atom is -0.443 e. The molecule has 29 heavy (non-hydrogen) atoms. The van der Waals surface area contributed by atoms with Crippen LogP contribution in [0.4, 0.5) is 17.5 Å². The number of benzene rings is 1. The molecule has 0 spiro atoms. The highest BCUT2D eigenvalue weighted by atomic mass is 32.2. The summed E-state index contributed by atoms with van der Waals surface area (Å²) in [4.78, 5) is 28.7. The molecule has 11 heteroatoms. The van der Waals surface area contributed by atoms with E-state index in [1.807, 2.05) is 0 Å². The van der Waals surface area contributed by atoms with E-state index in [0.29, 0.717) is 10.7 Å². The van der Waals surface area contributed by atoms with Gasteiger partial charge in [-0.1, -0.05) is 30.8 Å². The van der Waals surface area contributed by atoms with E-state index < -0.39 is 34.6 Å². The van der Waals surface area contributed by atoms with Crippen LogP contribution in [0.1, 0.15) is 39.3 Å². The summed E-state index contributed by atoms with van der Waals surface area (Å²) in [5.41, 5.74) is -0.905. The lowest BCUT2D eigenvalue weighted by Crippen LogP contribution is -2.37. The number of aliphatic imine (C=N–C) groups is 1. The first-order valence-corrected chi connectivity index (χ1v) is 10.1. The number of carbonyl (C=O) groups excluding carboxylic acids is 2. The van der Waals surface area contributed by atoms with Crippen LogP contribution in [0, 0.1) is 11.6 Å². The van der Waals surface area contributed by atoms with Crippen molar-refractivity contribution in [2.75, 3.05) is 14.1 Å². The Morgan fingerprint density at radius 1 is 1.31 bits per heavy atom. The molecule has 1 aromatic carbocycles. The molecule has 0 aliphatic heterocycles. The SMILES string of the molecule is CN=C(SC(C)[C@H](c1cccc(F)c1F)N(C)C=O)N(SF)C(=O)OC(C)(C)C. The van der Waals surface area contributed by atoms with Gasteiger partial charge < -0.3 is 9.64 Å². The fourth-order valence-electron chi connectivity index (χ4n) is 2.48. The van der Waals surface area contributed by atoms with E-state index in [4.69, 9.17) is 4.74 Å². The van der Waals surface area contributed by atoms with Gasteiger partial charge >= 0.3 is 6.09 Å². The molecule has 1 unspecified atom stereocenters. The van der Waals surface area contributed by atoms with Gasteiger partial charge in [0.25, 0.3) is 0 Å². The number of nitrogens with zero attached hydrogens (tertiary/aromatic N) is 3. The Hall–Kier alpha value is -1.88. The van der Waals surface area contributed by atoms with E-state index in [1.165, 1.54) is 31.1 Å². The second kappa shape index (κ2) is 10.8. The van der Waals surface area contributed by atoms with E-state index in [1.54, 1.807) is 27.7 Å². The summed E-state index contributed by atoms with van der Waals surface area (Å²) in [6.07, 6.45) is -0.493. The smallest absolute Gasteiger partial charge is 0.428 e. The van der Waals surface area contributed by atoms with Crippen LogP contribution in [0.15, 0.2) is 23.2 Å². The van der Waals surface area contributed by atoms with Crippen LogP contribution in [-0.2, 0) is 9.53 Å². The summed E-state index contributed by atoms with van der Waals surface area (Å²) < 4.78 is 47.4. The highest BCUT2D eigenvalue weighted by molar-refractivity contribution is 8.15. The molecule has 0 N–H and O–H groups in total.